The van der Waals surface area contributed by atoms with E-state index in [-0.39, 0.29) is 6.03 Å². The number of ether oxygens (including phenoxy) is 1. The maximum atomic E-state index is 12.5. The minimum absolute atomic E-state index is 0.126. The summed E-state index contributed by atoms with van der Waals surface area (Å²) in [6, 6.07) is 4.06. The van der Waals surface area contributed by atoms with Gasteiger partial charge in [0.2, 0.25) is 5.89 Å². The lowest BCUT2D eigenvalue weighted by Gasteiger charge is -2.38. The monoisotopic (exact) mass is 363 g/mol. The number of aromatic nitrogens is 2. The molecule has 0 saturated carbocycles. The number of carbonyl (C=O) groups is 1. The van der Waals surface area contributed by atoms with Crippen LogP contribution < -0.4 is 0 Å². The summed E-state index contributed by atoms with van der Waals surface area (Å²) >= 11 is 1.58. The molecule has 2 fully saturated rings. The SMILES string of the molecule is O=C(N1CCOCC1)N1CCN(Cc2nnc(-c3cccs3)o2)CC1. The summed E-state index contributed by atoms with van der Waals surface area (Å²) in [5, 5.41) is 10.2. The first-order valence-corrected chi connectivity index (χ1v) is 9.38. The average Bonchev–Trinajstić information content (AvgIpc) is 3.34. The molecule has 0 N–H and O–H groups in total. The van der Waals surface area contributed by atoms with Gasteiger partial charge in [0.05, 0.1) is 24.6 Å². The van der Waals surface area contributed by atoms with Crippen LogP contribution in [0.2, 0.25) is 0 Å². The minimum atomic E-state index is 0.126. The van der Waals surface area contributed by atoms with Crippen LogP contribution in [0.1, 0.15) is 5.89 Å². The number of urea groups is 1. The van der Waals surface area contributed by atoms with E-state index in [0.717, 1.165) is 31.1 Å². The van der Waals surface area contributed by atoms with E-state index in [4.69, 9.17) is 9.15 Å². The van der Waals surface area contributed by atoms with Gasteiger partial charge in [-0.15, -0.1) is 21.5 Å². The standard InChI is InChI=1S/C16H21N5O3S/c22-16(21-7-9-23-10-8-21)20-5-3-19(4-6-20)12-14-17-18-15(24-14)13-2-1-11-25-13/h1-2,11H,3-10,12H2. The van der Waals surface area contributed by atoms with Crippen molar-refractivity contribution in [1.29, 1.82) is 0 Å². The third-order valence-corrected chi connectivity index (χ3v) is 5.34. The molecule has 0 radical (unpaired) electrons. The predicted octanol–water partition coefficient (Wildman–Crippen LogP) is 1.37. The van der Waals surface area contributed by atoms with E-state index in [1.807, 2.05) is 27.3 Å². The minimum Gasteiger partial charge on any atom is -0.419 e. The van der Waals surface area contributed by atoms with Crippen molar-refractivity contribution in [2.24, 2.45) is 0 Å². The van der Waals surface area contributed by atoms with Crippen molar-refractivity contribution in [1.82, 2.24) is 24.9 Å². The maximum absolute atomic E-state index is 12.5. The molecule has 2 aromatic heterocycles. The zero-order chi connectivity index (χ0) is 17.1. The number of piperazine rings is 1. The van der Waals surface area contributed by atoms with Gasteiger partial charge < -0.3 is 19.0 Å². The Balaban J connectivity index is 1.28. The highest BCUT2D eigenvalue weighted by Gasteiger charge is 2.27. The first-order chi connectivity index (χ1) is 12.3. The highest BCUT2D eigenvalue weighted by Crippen LogP contribution is 2.23. The molecule has 0 atom stereocenters. The fraction of sp³-hybridized carbons (Fsp3) is 0.562. The number of hydrogen-bond donors (Lipinski definition) is 0. The highest BCUT2D eigenvalue weighted by atomic mass is 32.1. The number of morpholine rings is 1. The Morgan fingerprint density at radius 2 is 1.84 bits per heavy atom. The van der Waals surface area contributed by atoms with Crippen molar-refractivity contribution in [3.05, 3.63) is 23.4 Å². The lowest BCUT2D eigenvalue weighted by atomic mass is 10.3. The van der Waals surface area contributed by atoms with Crippen LogP contribution in [-0.4, -0.2) is 83.4 Å². The molecule has 0 aromatic carbocycles. The van der Waals surface area contributed by atoms with Crippen LogP contribution in [0.4, 0.5) is 4.79 Å². The van der Waals surface area contributed by atoms with Crippen molar-refractivity contribution < 1.29 is 13.9 Å². The fourth-order valence-electron chi connectivity index (χ4n) is 3.06. The molecule has 0 aliphatic carbocycles. The smallest absolute Gasteiger partial charge is 0.320 e. The predicted molar refractivity (Wildman–Crippen MR) is 92.2 cm³/mol. The topological polar surface area (TPSA) is 74.9 Å². The van der Waals surface area contributed by atoms with Gasteiger partial charge >= 0.3 is 6.03 Å². The molecule has 25 heavy (non-hydrogen) atoms. The number of thiophene rings is 1. The van der Waals surface area contributed by atoms with Gasteiger partial charge in [-0.2, -0.15) is 0 Å². The molecule has 134 valence electrons. The highest BCUT2D eigenvalue weighted by molar-refractivity contribution is 7.13. The van der Waals surface area contributed by atoms with Crippen LogP contribution >= 0.6 is 11.3 Å². The Morgan fingerprint density at radius 3 is 2.56 bits per heavy atom. The van der Waals surface area contributed by atoms with Gasteiger partial charge in [0, 0.05) is 39.3 Å². The van der Waals surface area contributed by atoms with Crippen molar-refractivity contribution in [3.8, 4) is 10.8 Å². The summed E-state index contributed by atoms with van der Waals surface area (Å²) in [5.41, 5.74) is 0. The molecular weight excluding hydrogens is 342 g/mol. The Labute approximate surface area is 150 Å². The van der Waals surface area contributed by atoms with E-state index in [9.17, 15) is 4.79 Å². The van der Waals surface area contributed by atoms with Crippen molar-refractivity contribution in [3.63, 3.8) is 0 Å². The molecular formula is C16H21N5O3S. The molecule has 2 aromatic rings. The summed E-state index contributed by atoms with van der Waals surface area (Å²) in [5.74, 6) is 1.20. The van der Waals surface area contributed by atoms with E-state index in [2.05, 4.69) is 15.1 Å². The fourth-order valence-corrected chi connectivity index (χ4v) is 3.70. The number of nitrogens with zero attached hydrogens (tertiary/aromatic N) is 5. The summed E-state index contributed by atoms with van der Waals surface area (Å²) < 4.78 is 11.1. The van der Waals surface area contributed by atoms with Crippen molar-refractivity contribution in [2.45, 2.75) is 6.54 Å². The average molecular weight is 363 g/mol. The quantitative estimate of drug-likeness (QED) is 0.820. The first-order valence-electron chi connectivity index (χ1n) is 8.50. The summed E-state index contributed by atoms with van der Waals surface area (Å²) in [4.78, 5) is 19.5. The number of carbonyl (C=O) groups excluding carboxylic acids is 1. The molecule has 2 saturated heterocycles. The molecule has 2 aliphatic rings. The molecule has 8 nitrogen and oxygen atoms in total. The Kier molecular flexibility index (Phi) is 4.95. The van der Waals surface area contributed by atoms with Gasteiger partial charge in [0.1, 0.15) is 0 Å². The summed E-state index contributed by atoms with van der Waals surface area (Å²) in [6.45, 7) is 6.34. The summed E-state index contributed by atoms with van der Waals surface area (Å²) in [7, 11) is 0. The maximum Gasteiger partial charge on any atom is 0.320 e. The molecule has 2 aliphatic heterocycles. The molecule has 9 heteroatoms. The molecule has 2 amide bonds. The molecule has 0 unspecified atom stereocenters. The van der Waals surface area contributed by atoms with Gasteiger partial charge in [-0.05, 0) is 11.4 Å². The molecule has 4 heterocycles. The second-order valence-corrected chi connectivity index (χ2v) is 7.07. The number of hydrogen-bond acceptors (Lipinski definition) is 7. The van der Waals surface area contributed by atoms with Gasteiger partial charge in [-0.25, -0.2) is 4.79 Å². The second-order valence-electron chi connectivity index (χ2n) is 6.12. The van der Waals surface area contributed by atoms with Gasteiger partial charge in [0.15, 0.2) is 0 Å². The third-order valence-electron chi connectivity index (χ3n) is 4.48. The number of amides is 2. The third kappa shape index (κ3) is 3.83. The lowest BCUT2D eigenvalue weighted by Crippen LogP contribution is -2.54. The largest absolute Gasteiger partial charge is 0.419 e. The van der Waals surface area contributed by atoms with Crippen LogP contribution in [0.15, 0.2) is 21.9 Å². The van der Waals surface area contributed by atoms with Crippen LogP contribution in [0.3, 0.4) is 0 Å². The van der Waals surface area contributed by atoms with Gasteiger partial charge in [-0.3, -0.25) is 4.90 Å². The van der Waals surface area contributed by atoms with Crippen molar-refractivity contribution in [2.75, 3.05) is 52.5 Å². The normalized spacial score (nSPS) is 19.4. The van der Waals surface area contributed by atoms with E-state index in [1.54, 1.807) is 11.3 Å². The van der Waals surface area contributed by atoms with Crippen LogP contribution in [0.25, 0.3) is 10.8 Å². The zero-order valence-electron chi connectivity index (χ0n) is 14.0. The van der Waals surface area contributed by atoms with Gasteiger partial charge in [-0.1, -0.05) is 6.07 Å². The Morgan fingerprint density at radius 1 is 1.08 bits per heavy atom. The molecule has 0 bridgehead atoms. The molecule has 4 rings (SSSR count). The Bertz CT molecular complexity index is 690. The van der Waals surface area contributed by atoms with E-state index >= 15 is 0 Å². The number of rotatable bonds is 3. The van der Waals surface area contributed by atoms with Crippen LogP contribution in [-0.2, 0) is 11.3 Å². The Hall–Kier alpha value is -1.97. The van der Waals surface area contributed by atoms with E-state index in [1.165, 1.54) is 0 Å². The second kappa shape index (κ2) is 7.51. The van der Waals surface area contributed by atoms with E-state index in [0.29, 0.717) is 44.6 Å². The summed E-state index contributed by atoms with van der Waals surface area (Å²) in [6.07, 6.45) is 0. The first kappa shape index (κ1) is 16.5. The molecule has 0 spiro atoms. The van der Waals surface area contributed by atoms with Crippen LogP contribution in [0.5, 0.6) is 0 Å². The van der Waals surface area contributed by atoms with Crippen molar-refractivity contribution >= 4 is 17.4 Å². The van der Waals surface area contributed by atoms with Gasteiger partial charge in [0.25, 0.3) is 5.89 Å². The zero-order valence-corrected chi connectivity index (χ0v) is 14.8. The lowest BCUT2D eigenvalue weighted by molar-refractivity contribution is 0.0368. The van der Waals surface area contributed by atoms with E-state index < -0.39 is 0 Å². The van der Waals surface area contributed by atoms with Crippen LogP contribution in [0, 0.1) is 0 Å².